The van der Waals surface area contributed by atoms with Gasteiger partial charge in [-0.05, 0) is 32.1 Å². The summed E-state index contributed by atoms with van der Waals surface area (Å²) < 4.78 is 29.9. The molecule has 0 aromatic carbocycles. The molecule has 16 heavy (non-hydrogen) atoms. The van der Waals surface area contributed by atoms with Crippen LogP contribution in [0.5, 0.6) is 5.75 Å². The molecule has 0 unspecified atom stereocenters. The first kappa shape index (κ1) is 11.3. The van der Waals surface area contributed by atoms with Crippen molar-refractivity contribution in [1.82, 2.24) is 9.88 Å². The number of pyridine rings is 1. The van der Waals surface area contributed by atoms with Crippen LogP contribution in [0.1, 0.15) is 18.5 Å². The van der Waals surface area contributed by atoms with Crippen LogP contribution >= 0.6 is 0 Å². The molecule has 0 radical (unpaired) electrons. The third kappa shape index (κ3) is 2.47. The lowest BCUT2D eigenvalue weighted by Crippen LogP contribution is -2.48. The number of hydrogen-bond acceptors (Lipinski definition) is 3. The molecule has 1 aliphatic heterocycles. The summed E-state index contributed by atoms with van der Waals surface area (Å²) in [5, 5.41) is 0. The first-order valence-electron chi connectivity index (χ1n) is 5.24. The predicted molar refractivity (Wildman–Crippen MR) is 55.7 cm³/mol. The molecule has 1 saturated heterocycles. The predicted octanol–water partition coefficient (Wildman–Crippen LogP) is 2.10. The van der Waals surface area contributed by atoms with Gasteiger partial charge in [0, 0.05) is 6.04 Å². The molecule has 3 nitrogen and oxygen atoms in total. The first-order valence-corrected chi connectivity index (χ1v) is 5.24. The molecule has 1 atom stereocenters. The van der Waals surface area contributed by atoms with E-state index < -0.39 is 6.43 Å². The molecule has 2 rings (SSSR count). The summed E-state index contributed by atoms with van der Waals surface area (Å²) in [5.74, 6) is 0.546. The van der Waals surface area contributed by atoms with Gasteiger partial charge in [0.15, 0.2) is 0 Å². The highest BCUT2D eigenvalue weighted by Gasteiger charge is 2.24. The van der Waals surface area contributed by atoms with Crippen molar-refractivity contribution in [2.24, 2.45) is 0 Å². The topological polar surface area (TPSA) is 25.4 Å². The van der Waals surface area contributed by atoms with Crippen LogP contribution in [0.3, 0.4) is 0 Å². The smallest absolute Gasteiger partial charge is 0.280 e. The number of halogens is 2. The van der Waals surface area contributed by atoms with E-state index in [0.717, 1.165) is 13.0 Å². The second-order valence-electron chi connectivity index (χ2n) is 3.95. The van der Waals surface area contributed by atoms with Crippen LogP contribution in [0.4, 0.5) is 8.78 Å². The van der Waals surface area contributed by atoms with Gasteiger partial charge >= 0.3 is 0 Å². The molecule has 2 heterocycles. The largest absolute Gasteiger partial charge is 0.490 e. The zero-order valence-electron chi connectivity index (χ0n) is 9.07. The van der Waals surface area contributed by atoms with Crippen LogP contribution < -0.4 is 4.74 Å². The number of likely N-dealkylation sites (N-methyl/N-ethyl adjacent to an activating group) is 1. The van der Waals surface area contributed by atoms with Crippen molar-refractivity contribution in [3.05, 3.63) is 24.0 Å². The number of nitrogens with zero attached hydrogens (tertiary/aromatic N) is 2. The zero-order chi connectivity index (χ0) is 11.5. The highest BCUT2D eigenvalue weighted by molar-refractivity contribution is 5.20. The molecule has 0 bridgehead atoms. The minimum Gasteiger partial charge on any atom is -0.490 e. The minimum atomic E-state index is -2.52. The Bertz CT molecular complexity index is 342. The molecule has 5 heteroatoms. The monoisotopic (exact) mass is 228 g/mol. The maximum Gasteiger partial charge on any atom is 0.280 e. The molecule has 1 aliphatic rings. The lowest BCUT2D eigenvalue weighted by Gasteiger charge is -2.37. The fourth-order valence-corrected chi connectivity index (χ4v) is 1.58. The van der Waals surface area contributed by atoms with E-state index in [1.165, 1.54) is 18.3 Å². The summed E-state index contributed by atoms with van der Waals surface area (Å²) in [7, 11) is 2.04. The SMILES string of the molecule is CN1CC[C@H]1COc1ccc(C(F)F)nc1. The van der Waals surface area contributed by atoms with Gasteiger partial charge < -0.3 is 4.74 Å². The summed E-state index contributed by atoms with van der Waals surface area (Å²) in [6, 6.07) is 3.27. The maximum atomic E-state index is 12.2. The van der Waals surface area contributed by atoms with E-state index in [0.29, 0.717) is 18.4 Å². The Morgan fingerprint density at radius 2 is 2.38 bits per heavy atom. The van der Waals surface area contributed by atoms with Crippen LogP contribution in [-0.4, -0.2) is 36.1 Å². The van der Waals surface area contributed by atoms with Gasteiger partial charge in [-0.2, -0.15) is 0 Å². The summed E-state index contributed by atoms with van der Waals surface area (Å²) >= 11 is 0. The van der Waals surface area contributed by atoms with Gasteiger partial charge in [0.25, 0.3) is 6.43 Å². The van der Waals surface area contributed by atoms with Crippen molar-refractivity contribution in [1.29, 1.82) is 0 Å². The van der Waals surface area contributed by atoms with Gasteiger partial charge in [-0.15, -0.1) is 0 Å². The van der Waals surface area contributed by atoms with Crippen molar-refractivity contribution >= 4 is 0 Å². The van der Waals surface area contributed by atoms with Crippen molar-refractivity contribution in [2.45, 2.75) is 18.9 Å². The Labute approximate surface area is 93.0 Å². The van der Waals surface area contributed by atoms with Crippen molar-refractivity contribution in [2.75, 3.05) is 20.2 Å². The summed E-state index contributed by atoms with van der Waals surface area (Å²) in [5.41, 5.74) is -0.215. The minimum absolute atomic E-state index is 0.215. The number of alkyl halides is 2. The first-order chi connectivity index (χ1) is 7.66. The van der Waals surface area contributed by atoms with Crippen molar-refractivity contribution < 1.29 is 13.5 Å². The average molecular weight is 228 g/mol. The van der Waals surface area contributed by atoms with E-state index in [1.54, 1.807) is 0 Å². The zero-order valence-corrected chi connectivity index (χ0v) is 9.07. The molecule has 0 amide bonds. The summed E-state index contributed by atoms with van der Waals surface area (Å²) in [4.78, 5) is 5.83. The highest BCUT2D eigenvalue weighted by atomic mass is 19.3. The van der Waals surface area contributed by atoms with Crippen LogP contribution in [0.15, 0.2) is 18.3 Å². The number of likely N-dealkylation sites (tertiary alicyclic amines) is 1. The van der Waals surface area contributed by atoms with E-state index in [-0.39, 0.29) is 5.69 Å². The van der Waals surface area contributed by atoms with E-state index in [9.17, 15) is 8.78 Å². The van der Waals surface area contributed by atoms with Gasteiger partial charge in [-0.3, -0.25) is 9.88 Å². The molecule has 1 aromatic heterocycles. The van der Waals surface area contributed by atoms with Crippen molar-refractivity contribution in [3.63, 3.8) is 0 Å². The summed E-state index contributed by atoms with van der Waals surface area (Å²) in [6.45, 7) is 1.68. The number of ether oxygens (including phenoxy) is 1. The highest BCUT2D eigenvalue weighted by Crippen LogP contribution is 2.20. The molecule has 0 N–H and O–H groups in total. The maximum absolute atomic E-state index is 12.2. The van der Waals surface area contributed by atoms with Gasteiger partial charge in [-0.25, -0.2) is 8.78 Å². The Kier molecular flexibility index (Phi) is 3.33. The molecule has 0 saturated carbocycles. The Hall–Kier alpha value is -1.23. The third-order valence-electron chi connectivity index (χ3n) is 2.86. The van der Waals surface area contributed by atoms with Crippen LogP contribution in [0.2, 0.25) is 0 Å². The van der Waals surface area contributed by atoms with Gasteiger partial charge in [0.2, 0.25) is 0 Å². The number of rotatable bonds is 4. The third-order valence-corrected chi connectivity index (χ3v) is 2.86. The number of aromatic nitrogens is 1. The molecular formula is C11H14F2N2O. The van der Waals surface area contributed by atoms with E-state index >= 15 is 0 Å². The Morgan fingerprint density at radius 1 is 1.56 bits per heavy atom. The standard InChI is InChI=1S/C11H14F2N2O/c1-15-5-4-8(15)7-16-9-2-3-10(11(12)13)14-6-9/h2-3,6,8,11H,4-5,7H2,1H3/t8-/m0/s1. The Morgan fingerprint density at radius 3 is 2.81 bits per heavy atom. The normalized spacial score (nSPS) is 20.9. The van der Waals surface area contributed by atoms with E-state index in [4.69, 9.17) is 4.74 Å². The number of hydrogen-bond donors (Lipinski definition) is 0. The molecule has 1 aromatic rings. The molecule has 88 valence electrons. The lowest BCUT2D eigenvalue weighted by molar-refractivity contribution is 0.0766. The molecule has 0 spiro atoms. The van der Waals surface area contributed by atoms with E-state index in [2.05, 4.69) is 9.88 Å². The molecule has 0 aliphatic carbocycles. The fraction of sp³-hybridized carbons (Fsp3) is 0.545. The summed E-state index contributed by atoms with van der Waals surface area (Å²) in [6.07, 6.45) is -0.0500. The van der Waals surface area contributed by atoms with Gasteiger partial charge in [0.1, 0.15) is 18.1 Å². The van der Waals surface area contributed by atoms with Crippen LogP contribution in [0.25, 0.3) is 0 Å². The quantitative estimate of drug-likeness (QED) is 0.789. The van der Waals surface area contributed by atoms with Crippen LogP contribution in [-0.2, 0) is 0 Å². The van der Waals surface area contributed by atoms with E-state index in [1.807, 2.05) is 7.05 Å². The molecule has 1 fully saturated rings. The fourth-order valence-electron chi connectivity index (χ4n) is 1.58. The van der Waals surface area contributed by atoms with Crippen molar-refractivity contribution in [3.8, 4) is 5.75 Å². The van der Waals surface area contributed by atoms with Gasteiger partial charge in [0.05, 0.1) is 6.20 Å². The molecular weight excluding hydrogens is 214 g/mol. The second-order valence-corrected chi connectivity index (χ2v) is 3.95. The average Bonchev–Trinajstić information content (AvgIpc) is 2.28. The second kappa shape index (κ2) is 4.74. The van der Waals surface area contributed by atoms with Crippen LogP contribution in [0, 0.1) is 0 Å². The Balaban J connectivity index is 1.85. The van der Waals surface area contributed by atoms with Gasteiger partial charge in [-0.1, -0.05) is 0 Å². The lowest BCUT2D eigenvalue weighted by atomic mass is 10.1.